The van der Waals surface area contributed by atoms with Crippen LogP contribution in [0.5, 0.6) is 0 Å². The largest absolute Gasteiger partial charge is 0.383 e. The van der Waals surface area contributed by atoms with Crippen LogP contribution in [0.3, 0.4) is 0 Å². The van der Waals surface area contributed by atoms with Gasteiger partial charge in [-0.05, 0) is 31.3 Å². The van der Waals surface area contributed by atoms with Crippen LogP contribution in [0.1, 0.15) is 11.1 Å². The number of ether oxygens (including phenoxy) is 1. The fraction of sp³-hybridized carbons (Fsp3) is 0.538. The second-order valence-corrected chi connectivity index (χ2v) is 5.04. The fourth-order valence-electron chi connectivity index (χ4n) is 1.65. The maximum Gasteiger partial charge on any atom is 0.0589 e. The van der Waals surface area contributed by atoms with Crippen molar-refractivity contribution in [2.45, 2.75) is 13.1 Å². The van der Waals surface area contributed by atoms with Gasteiger partial charge in [-0.25, -0.2) is 0 Å². The number of halogens is 1. The van der Waals surface area contributed by atoms with Gasteiger partial charge in [0.25, 0.3) is 0 Å². The van der Waals surface area contributed by atoms with Crippen molar-refractivity contribution < 1.29 is 4.74 Å². The lowest BCUT2D eigenvalue weighted by molar-refractivity contribution is 0.158. The second kappa shape index (κ2) is 7.82. The van der Waals surface area contributed by atoms with Crippen LogP contribution in [-0.4, -0.2) is 39.3 Å². The van der Waals surface area contributed by atoms with Gasteiger partial charge in [-0.15, -0.1) is 0 Å². The summed E-state index contributed by atoms with van der Waals surface area (Å²) in [6.45, 7) is 3.55. The smallest absolute Gasteiger partial charge is 0.0589 e. The van der Waals surface area contributed by atoms with Gasteiger partial charge >= 0.3 is 0 Å². The number of benzene rings is 1. The Kier molecular flexibility index (Phi) is 6.73. The molecule has 0 aromatic heterocycles. The van der Waals surface area contributed by atoms with Crippen molar-refractivity contribution in [3.8, 4) is 0 Å². The summed E-state index contributed by atoms with van der Waals surface area (Å²) >= 11 is 3.63. The van der Waals surface area contributed by atoms with E-state index >= 15 is 0 Å². The highest BCUT2D eigenvalue weighted by Gasteiger charge is 2.05. The molecular formula is C13H21BrN2O. The predicted molar refractivity (Wildman–Crippen MR) is 75.1 cm³/mol. The van der Waals surface area contributed by atoms with Crippen LogP contribution < -0.4 is 5.32 Å². The van der Waals surface area contributed by atoms with E-state index in [4.69, 9.17) is 4.74 Å². The van der Waals surface area contributed by atoms with Crippen LogP contribution in [0, 0.1) is 0 Å². The Morgan fingerprint density at radius 2 is 2.18 bits per heavy atom. The Morgan fingerprint density at radius 3 is 2.76 bits per heavy atom. The molecule has 0 bridgehead atoms. The van der Waals surface area contributed by atoms with E-state index in [2.05, 4.69) is 51.4 Å². The molecule has 1 aromatic rings. The summed E-state index contributed by atoms with van der Waals surface area (Å²) in [4.78, 5) is 2.25. The van der Waals surface area contributed by atoms with Crippen molar-refractivity contribution in [2.75, 3.05) is 34.4 Å². The zero-order valence-corrected chi connectivity index (χ0v) is 12.4. The van der Waals surface area contributed by atoms with Crippen molar-refractivity contribution in [1.29, 1.82) is 0 Å². The van der Waals surface area contributed by atoms with E-state index in [-0.39, 0.29) is 0 Å². The molecule has 17 heavy (non-hydrogen) atoms. The Morgan fingerprint density at radius 1 is 1.41 bits per heavy atom. The quantitative estimate of drug-likeness (QED) is 0.836. The highest BCUT2D eigenvalue weighted by molar-refractivity contribution is 9.10. The molecule has 0 fully saturated rings. The first kappa shape index (κ1) is 14.6. The zero-order chi connectivity index (χ0) is 12.7. The monoisotopic (exact) mass is 300 g/mol. The van der Waals surface area contributed by atoms with E-state index in [1.807, 2.05) is 7.05 Å². The van der Waals surface area contributed by atoms with Gasteiger partial charge in [-0.3, -0.25) is 4.90 Å². The number of likely N-dealkylation sites (N-methyl/N-ethyl adjacent to an activating group) is 1. The van der Waals surface area contributed by atoms with Crippen LogP contribution in [0.2, 0.25) is 0 Å². The number of nitrogens with one attached hydrogen (secondary N) is 1. The Hall–Kier alpha value is -0.420. The van der Waals surface area contributed by atoms with Crippen molar-refractivity contribution in [3.63, 3.8) is 0 Å². The molecule has 96 valence electrons. The lowest BCUT2D eigenvalue weighted by atomic mass is 10.1. The average Bonchev–Trinajstić information content (AvgIpc) is 2.30. The number of hydrogen-bond acceptors (Lipinski definition) is 3. The van der Waals surface area contributed by atoms with Gasteiger partial charge in [-0.2, -0.15) is 0 Å². The molecule has 1 N–H and O–H groups in total. The summed E-state index contributed by atoms with van der Waals surface area (Å²) < 4.78 is 6.25. The first-order chi connectivity index (χ1) is 8.17. The van der Waals surface area contributed by atoms with Gasteiger partial charge in [0.2, 0.25) is 0 Å². The van der Waals surface area contributed by atoms with E-state index in [1.54, 1.807) is 7.11 Å². The summed E-state index contributed by atoms with van der Waals surface area (Å²) in [5.74, 6) is 0. The molecule has 0 unspecified atom stereocenters. The lowest BCUT2D eigenvalue weighted by Crippen LogP contribution is -2.22. The van der Waals surface area contributed by atoms with E-state index in [9.17, 15) is 0 Å². The van der Waals surface area contributed by atoms with Gasteiger partial charge in [-0.1, -0.05) is 28.1 Å². The summed E-state index contributed by atoms with van der Waals surface area (Å²) in [5, 5.41) is 3.15. The van der Waals surface area contributed by atoms with E-state index < -0.39 is 0 Å². The number of rotatable bonds is 7. The van der Waals surface area contributed by atoms with Gasteiger partial charge < -0.3 is 10.1 Å². The molecule has 0 saturated heterocycles. The third kappa shape index (κ3) is 5.17. The molecule has 0 saturated carbocycles. The molecule has 1 rings (SSSR count). The minimum atomic E-state index is 0.770. The standard InChI is InChI=1S/C13H21BrN2O/c1-15-9-11-4-5-12(13(14)8-11)10-16(2)6-7-17-3/h4-5,8,15H,6-7,9-10H2,1-3H3. The molecule has 0 atom stereocenters. The van der Waals surface area contributed by atoms with Crippen LogP contribution in [0.4, 0.5) is 0 Å². The molecule has 0 amide bonds. The molecule has 4 heteroatoms. The first-order valence-corrected chi connectivity index (χ1v) is 6.56. The van der Waals surface area contributed by atoms with Crippen molar-refractivity contribution in [3.05, 3.63) is 33.8 Å². The van der Waals surface area contributed by atoms with Crippen molar-refractivity contribution >= 4 is 15.9 Å². The zero-order valence-electron chi connectivity index (χ0n) is 10.8. The second-order valence-electron chi connectivity index (χ2n) is 4.19. The number of hydrogen-bond donors (Lipinski definition) is 1. The minimum Gasteiger partial charge on any atom is -0.383 e. The minimum absolute atomic E-state index is 0.770. The predicted octanol–water partition coefficient (Wildman–Crippen LogP) is 2.25. The fourth-order valence-corrected chi connectivity index (χ4v) is 2.20. The maximum atomic E-state index is 5.07. The van der Waals surface area contributed by atoms with Crippen molar-refractivity contribution in [2.24, 2.45) is 0 Å². The van der Waals surface area contributed by atoms with Gasteiger partial charge in [0.15, 0.2) is 0 Å². The topological polar surface area (TPSA) is 24.5 Å². The van der Waals surface area contributed by atoms with Gasteiger partial charge in [0.05, 0.1) is 6.61 Å². The molecule has 1 aromatic carbocycles. The Bertz CT molecular complexity index is 344. The van der Waals surface area contributed by atoms with Crippen LogP contribution in [0.15, 0.2) is 22.7 Å². The SMILES string of the molecule is CNCc1ccc(CN(C)CCOC)c(Br)c1. The lowest BCUT2D eigenvalue weighted by Gasteiger charge is -2.17. The Labute approximate surface area is 112 Å². The molecule has 0 aliphatic carbocycles. The summed E-state index contributed by atoms with van der Waals surface area (Å²) in [5.41, 5.74) is 2.60. The van der Waals surface area contributed by atoms with E-state index in [0.29, 0.717) is 0 Å². The maximum absolute atomic E-state index is 5.07. The normalized spacial score (nSPS) is 11.1. The molecule has 3 nitrogen and oxygen atoms in total. The van der Waals surface area contributed by atoms with E-state index in [1.165, 1.54) is 15.6 Å². The summed E-state index contributed by atoms with van der Waals surface area (Å²) in [7, 11) is 5.80. The Balaban J connectivity index is 2.59. The third-order valence-corrected chi connectivity index (χ3v) is 3.35. The molecule has 0 aliphatic rings. The highest BCUT2D eigenvalue weighted by Crippen LogP contribution is 2.20. The van der Waals surface area contributed by atoms with Crippen LogP contribution in [0.25, 0.3) is 0 Å². The van der Waals surface area contributed by atoms with Crippen molar-refractivity contribution in [1.82, 2.24) is 10.2 Å². The van der Waals surface area contributed by atoms with Gasteiger partial charge in [0, 0.05) is 31.2 Å². The molecule has 0 heterocycles. The summed E-state index contributed by atoms with van der Waals surface area (Å²) in [6, 6.07) is 6.52. The number of nitrogens with zero attached hydrogens (tertiary/aromatic N) is 1. The van der Waals surface area contributed by atoms with E-state index in [0.717, 1.165) is 26.2 Å². The van der Waals surface area contributed by atoms with Gasteiger partial charge in [0.1, 0.15) is 0 Å². The highest BCUT2D eigenvalue weighted by atomic mass is 79.9. The molecule has 0 radical (unpaired) electrons. The molecule has 0 aliphatic heterocycles. The molecule has 0 spiro atoms. The van der Waals surface area contributed by atoms with Crippen LogP contribution >= 0.6 is 15.9 Å². The first-order valence-electron chi connectivity index (χ1n) is 5.76. The van der Waals surface area contributed by atoms with Crippen LogP contribution in [-0.2, 0) is 17.8 Å². The average molecular weight is 301 g/mol. The third-order valence-electron chi connectivity index (χ3n) is 2.62. The number of methoxy groups -OCH3 is 1. The molecular weight excluding hydrogens is 280 g/mol. The summed E-state index contributed by atoms with van der Waals surface area (Å²) in [6.07, 6.45) is 0.